The molecule has 0 saturated heterocycles. The van der Waals surface area contributed by atoms with Gasteiger partial charge in [0.25, 0.3) is 0 Å². The topological polar surface area (TPSA) is 75.7 Å². The number of aryl methyl sites for hydroxylation is 1. The van der Waals surface area contributed by atoms with Gasteiger partial charge in [0, 0.05) is 12.6 Å². The first-order chi connectivity index (χ1) is 12.7. The van der Waals surface area contributed by atoms with E-state index in [1.54, 1.807) is 24.3 Å². The van der Waals surface area contributed by atoms with Gasteiger partial charge in [-0.15, -0.1) is 0 Å². The van der Waals surface area contributed by atoms with Crippen molar-refractivity contribution in [3.63, 3.8) is 0 Å². The van der Waals surface area contributed by atoms with Gasteiger partial charge in [-0.1, -0.05) is 30.3 Å². The number of nitrogens with one attached hydrogen (secondary N) is 1. The molecule has 0 heterocycles. The van der Waals surface area contributed by atoms with Gasteiger partial charge in [0.2, 0.25) is 15.9 Å². The monoisotopic (exact) mass is 390 g/mol. The predicted octanol–water partition coefficient (Wildman–Crippen LogP) is 2.86. The Morgan fingerprint density at radius 3 is 2.48 bits per heavy atom. The normalized spacial score (nSPS) is 11.3. The number of benzene rings is 2. The second-order valence-corrected chi connectivity index (χ2v) is 8.54. The fourth-order valence-electron chi connectivity index (χ4n) is 2.57. The van der Waals surface area contributed by atoms with E-state index >= 15 is 0 Å². The summed E-state index contributed by atoms with van der Waals surface area (Å²) in [6.45, 7) is 5.79. The van der Waals surface area contributed by atoms with Crippen LogP contribution in [0.4, 0.5) is 5.69 Å². The maximum Gasteiger partial charge on any atom is 0.241 e. The summed E-state index contributed by atoms with van der Waals surface area (Å²) in [5.41, 5.74) is 2.45. The van der Waals surface area contributed by atoms with Crippen molar-refractivity contribution in [2.75, 3.05) is 17.1 Å². The van der Waals surface area contributed by atoms with Gasteiger partial charge >= 0.3 is 0 Å². The third kappa shape index (κ3) is 6.29. The molecule has 0 bridgehead atoms. The van der Waals surface area contributed by atoms with Crippen LogP contribution in [0.1, 0.15) is 25.0 Å². The highest BCUT2D eigenvalue weighted by Gasteiger charge is 2.21. The summed E-state index contributed by atoms with van der Waals surface area (Å²) >= 11 is 0. The van der Waals surface area contributed by atoms with Gasteiger partial charge in [0.15, 0.2) is 0 Å². The van der Waals surface area contributed by atoms with Gasteiger partial charge in [0.1, 0.15) is 12.3 Å². The summed E-state index contributed by atoms with van der Waals surface area (Å²) in [5.74, 6) is 0.176. The summed E-state index contributed by atoms with van der Waals surface area (Å²) in [6, 6.07) is 14.4. The van der Waals surface area contributed by atoms with Gasteiger partial charge < -0.3 is 10.1 Å². The summed E-state index contributed by atoms with van der Waals surface area (Å²) in [6.07, 6.45) is 1.04. The highest BCUT2D eigenvalue weighted by Crippen LogP contribution is 2.24. The van der Waals surface area contributed by atoms with E-state index < -0.39 is 10.0 Å². The van der Waals surface area contributed by atoms with E-state index in [0.717, 1.165) is 21.7 Å². The van der Waals surface area contributed by atoms with Crippen LogP contribution in [0.2, 0.25) is 0 Å². The minimum absolute atomic E-state index is 0.0376. The molecule has 146 valence electrons. The predicted molar refractivity (Wildman–Crippen MR) is 107 cm³/mol. The van der Waals surface area contributed by atoms with Gasteiger partial charge in [-0.25, -0.2) is 8.42 Å². The lowest BCUT2D eigenvalue weighted by molar-refractivity contribution is -0.119. The second kappa shape index (κ2) is 8.90. The molecule has 27 heavy (non-hydrogen) atoms. The van der Waals surface area contributed by atoms with Crippen molar-refractivity contribution in [3.8, 4) is 5.75 Å². The maximum atomic E-state index is 12.4. The third-order valence-electron chi connectivity index (χ3n) is 3.90. The molecular formula is C20H26N2O4S. The molecule has 7 heteroatoms. The van der Waals surface area contributed by atoms with Gasteiger partial charge in [-0.2, -0.15) is 0 Å². The highest BCUT2D eigenvalue weighted by molar-refractivity contribution is 7.92. The van der Waals surface area contributed by atoms with Gasteiger partial charge in [-0.05, 0) is 44.0 Å². The van der Waals surface area contributed by atoms with Crippen molar-refractivity contribution >= 4 is 21.6 Å². The Kier molecular flexibility index (Phi) is 6.85. The lowest BCUT2D eigenvalue weighted by atomic mass is 10.1. The lowest BCUT2D eigenvalue weighted by Gasteiger charge is -2.23. The second-order valence-electron chi connectivity index (χ2n) is 6.64. The van der Waals surface area contributed by atoms with Crippen LogP contribution in [0.15, 0.2) is 48.5 Å². The number of carbonyl (C=O) groups is 1. The Bertz CT molecular complexity index is 894. The number of anilines is 1. The van der Waals surface area contributed by atoms with E-state index in [1.807, 2.05) is 45.0 Å². The van der Waals surface area contributed by atoms with Crippen LogP contribution < -0.4 is 14.4 Å². The first-order valence-electron chi connectivity index (χ1n) is 8.72. The van der Waals surface area contributed by atoms with E-state index in [4.69, 9.17) is 4.74 Å². The molecule has 1 amide bonds. The Labute approximate surface area is 161 Å². The molecule has 6 nitrogen and oxygen atoms in total. The zero-order chi connectivity index (χ0) is 20.0. The number of carbonyl (C=O) groups excluding carboxylic acids is 1. The molecule has 2 aromatic rings. The van der Waals surface area contributed by atoms with E-state index in [9.17, 15) is 13.2 Å². The summed E-state index contributed by atoms with van der Waals surface area (Å²) < 4.78 is 31.2. The number of hydrogen-bond acceptors (Lipinski definition) is 4. The standard InChI is InChI=1S/C20H26N2O4S/c1-15(2)26-19-11-7-10-18(12-19)22(27(4,24)25)14-20(23)21-13-17-9-6-5-8-16(17)3/h5-12,15H,13-14H2,1-4H3,(H,21,23). The van der Waals surface area contributed by atoms with Crippen molar-refractivity contribution in [3.05, 3.63) is 59.7 Å². The molecule has 0 aliphatic heterocycles. The number of hydrogen-bond donors (Lipinski definition) is 1. The van der Waals surface area contributed by atoms with Crippen molar-refractivity contribution in [1.29, 1.82) is 0 Å². The van der Waals surface area contributed by atoms with E-state index in [0.29, 0.717) is 18.0 Å². The molecule has 0 aromatic heterocycles. The minimum atomic E-state index is -3.63. The average molecular weight is 391 g/mol. The minimum Gasteiger partial charge on any atom is -0.491 e. The van der Waals surface area contributed by atoms with Crippen molar-refractivity contribution < 1.29 is 17.9 Å². The fourth-order valence-corrected chi connectivity index (χ4v) is 3.42. The summed E-state index contributed by atoms with van der Waals surface area (Å²) in [5, 5.41) is 2.78. The SMILES string of the molecule is Cc1ccccc1CNC(=O)CN(c1cccc(OC(C)C)c1)S(C)(=O)=O. The first kappa shape index (κ1) is 20.8. The van der Waals surface area contributed by atoms with Crippen LogP contribution in [0.25, 0.3) is 0 Å². The fraction of sp³-hybridized carbons (Fsp3) is 0.350. The molecule has 0 radical (unpaired) electrons. The Morgan fingerprint density at radius 2 is 1.85 bits per heavy atom. The third-order valence-corrected chi connectivity index (χ3v) is 5.04. The molecule has 0 fully saturated rings. The summed E-state index contributed by atoms with van der Waals surface area (Å²) in [7, 11) is -3.63. The smallest absolute Gasteiger partial charge is 0.241 e. The van der Waals surface area contributed by atoms with E-state index in [1.165, 1.54) is 0 Å². The van der Waals surface area contributed by atoms with Crippen LogP contribution in [-0.4, -0.2) is 33.2 Å². The van der Waals surface area contributed by atoms with Crippen molar-refractivity contribution in [1.82, 2.24) is 5.32 Å². The number of sulfonamides is 1. The molecule has 0 atom stereocenters. The lowest BCUT2D eigenvalue weighted by Crippen LogP contribution is -2.40. The quantitative estimate of drug-likeness (QED) is 0.752. The molecule has 0 aliphatic carbocycles. The molecule has 1 N–H and O–H groups in total. The number of nitrogens with zero attached hydrogens (tertiary/aromatic N) is 1. The molecule has 2 rings (SSSR count). The Hall–Kier alpha value is -2.54. The van der Waals surface area contributed by atoms with E-state index in [-0.39, 0.29) is 18.6 Å². The number of ether oxygens (including phenoxy) is 1. The van der Waals surface area contributed by atoms with Crippen LogP contribution in [0.3, 0.4) is 0 Å². The molecule has 0 spiro atoms. The zero-order valence-corrected chi connectivity index (χ0v) is 16.9. The van der Waals surface area contributed by atoms with E-state index in [2.05, 4.69) is 5.32 Å². The van der Waals surface area contributed by atoms with Gasteiger partial charge in [-0.3, -0.25) is 9.10 Å². The Morgan fingerprint density at radius 1 is 1.15 bits per heavy atom. The number of amides is 1. The Balaban J connectivity index is 2.13. The molecular weight excluding hydrogens is 364 g/mol. The number of rotatable bonds is 8. The van der Waals surface area contributed by atoms with Crippen LogP contribution in [0.5, 0.6) is 5.75 Å². The average Bonchev–Trinajstić information content (AvgIpc) is 2.57. The molecule has 0 saturated carbocycles. The van der Waals surface area contributed by atoms with Crippen LogP contribution >= 0.6 is 0 Å². The maximum absolute atomic E-state index is 12.4. The van der Waals surface area contributed by atoms with Crippen LogP contribution in [-0.2, 0) is 21.4 Å². The van der Waals surface area contributed by atoms with Gasteiger partial charge in [0.05, 0.1) is 18.0 Å². The highest BCUT2D eigenvalue weighted by atomic mass is 32.2. The molecule has 2 aromatic carbocycles. The van der Waals surface area contributed by atoms with Crippen LogP contribution in [0, 0.1) is 6.92 Å². The van der Waals surface area contributed by atoms with Crippen molar-refractivity contribution in [2.24, 2.45) is 0 Å². The summed E-state index contributed by atoms with van der Waals surface area (Å²) in [4.78, 5) is 12.4. The molecule has 0 aliphatic rings. The van der Waals surface area contributed by atoms with Crippen molar-refractivity contribution in [2.45, 2.75) is 33.4 Å². The zero-order valence-electron chi connectivity index (χ0n) is 16.1. The first-order valence-corrected chi connectivity index (χ1v) is 10.6. The molecule has 0 unspecified atom stereocenters. The largest absolute Gasteiger partial charge is 0.491 e.